The Kier molecular flexibility index (Phi) is 5.23. The molecule has 9 heteroatoms. The molecule has 8 nitrogen and oxygen atoms in total. The Labute approximate surface area is 174 Å². The molecule has 1 aliphatic heterocycles. The predicted octanol–water partition coefficient (Wildman–Crippen LogP) is 2.46. The van der Waals surface area contributed by atoms with Crippen LogP contribution in [-0.2, 0) is 21.2 Å². The second-order valence-corrected chi connectivity index (χ2v) is 9.21. The summed E-state index contributed by atoms with van der Waals surface area (Å²) in [6.45, 7) is 2.27. The van der Waals surface area contributed by atoms with E-state index in [2.05, 4.69) is 20.6 Å². The number of aliphatic imine (C=N–C) groups is 1. The highest BCUT2D eigenvalue weighted by Crippen LogP contribution is 2.28. The van der Waals surface area contributed by atoms with Gasteiger partial charge in [-0.15, -0.1) is 0 Å². The van der Waals surface area contributed by atoms with Crippen molar-refractivity contribution in [2.45, 2.75) is 24.4 Å². The van der Waals surface area contributed by atoms with Crippen LogP contribution in [0.5, 0.6) is 0 Å². The topological polar surface area (TPSA) is 108 Å². The van der Waals surface area contributed by atoms with Crippen LogP contribution in [0.25, 0.3) is 0 Å². The summed E-state index contributed by atoms with van der Waals surface area (Å²) in [5, 5.41) is 8.81. The van der Waals surface area contributed by atoms with Crippen molar-refractivity contribution in [2.75, 3.05) is 6.26 Å². The van der Waals surface area contributed by atoms with Crippen molar-refractivity contribution in [2.24, 2.45) is 4.99 Å². The number of hydrogen-bond donors (Lipinski definition) is 2. The van der Waals surface area contributed by atoms with E-state index in [9.17, 15) is 13.2 Å². The summed E-state index contributed by atoms with van der Waals surface area (Å²) in [4.78, 5) is 16.8. The second-order valence-electron chi connectivity index (χ2n) is 7.19. The number of benzene rings is 2. The van der Waals surface area contributed by atoms with Gasteiger partial charge in [0.25, 0.3) is 0 Å². The number of aromatic amines is 1. The number of aldehydes is 1. The van der Waals surface area contributed by atoms with Gasteiger partial charge < -0.3 is 10.2 Å². The van der Waals surface area contributed by atoms with Gasteiger partial charge in [-0.2, -0.15) is 5.10 Å². The van der Waals surface area contributed by atoms with Crippen LogP contribution in [0.3, 0.4) is 0 Å². The van der Waals surface area contributed by atoms with Gasteiger partial charge in [0.1, 0.15) is 12.3 Å². The van der Waals surface area contributed by atoms with Gasteiger partial charge >= 0.3 is 0 Å². The SMILES string of the molecule is Cc1cc(N=C2NN(Cc3ccc(S(C)(=O)=O)cc3)C(C=O)c3ccccc32)n[nH]1. The number of sulfone groups is 1. The fraction of sp³-hybridized carbons (Fsp3) is 0.190. The van der Waals surface area contributed by atoms with Crippen molar-refractivity contribution in [1.82, 2.24) is 20.6 Å². The lowest BCUT2D eigenvalue weighted by Crippen LogP contribution is -2.49. The van der Waals surface area contributed by atoms with Gasteiger partial charge in [0.2, 0.25) is 0 Å². The average molecular weight is 423 g/mol. The molecule has 3 aromatic rings. The molecular weight excluding hydrogens is 402 g/mol. The number of H-pyrrole nitrogens is 1. The molecule has 0 radical (unpaired) electrons. The van der Waals surface area contributed by atoms with E-state index in [0.29, 0.717) is 18.2 Å². The summed E-state index contributed by atoms with van der Waals surface area (Å²) >= 11 is 0. The molecule has 0 aliphatic carbocycles. The van der Waals surface area contributed by atoms with E-state index in [4.69, 9.17) is 0 Å². The van der Waals surface area contributed by atoms with Gasteiger partial charge in [-0.05, 0) is 30.2 Å². The van der Waals surface area contributed by atoms with E-state index in [1.165, 1.54) is 6.26 Å². The normalized spacial score (nSPS) is 18.1. The van der Waals surface area contributed by atoms with Crippen LogP contribution < -0.4 is 5.43 Å². The summed E-state index contributed by atoms with van der Waals surface area (Å²) < 4.78 is 23.4. The maximum absolute atomic E-state index is 12.0. The van der Waals surface area contributed by atoms with E-state index in [0.717, 1.165) is 28.7 Å². The third-order valence-corrected chi connectivity index (χ3v) is 6.00. The Balaban J connectivity index is 1.69. The fourth-order valence-corrected chi connectivity index (χ4v) is 4.02. The minimum atomic E-state index is -3.26. The molecule has 1 aliphatic rings. The van der Waals surface area contributed by atoms with Crippen molar-refractivity contribution in [1.29, 1.82) is 0 Å². The summed E-state index contributed by atoms with van der Waals surface area (Å²) in [5.41, 5.74) is 6.66. The number of aromatic nitrogens is 2. The number of rotatable bonds is 5. The third-order valence-electron chi connectivity index (χ3n) is 4.87. The van der Waals surface area contributed by atoms with Gasteiger partial charge in [0.05, 0.1) is 4.90 Å². The first-order chi connectivity index (χ1) is 14.3. The molecule has 0 saturated carbocycles. The number of fused-ring (bicyclic) bond motifs is 1. The molecule has 0 fully saturated rings. The zero-order chi connectivity index (χ0) is 21.3. The molecule has 0 amide bonds. The summed E-state index contributed by atoms with van der Waals surface area (Å²) in [5.74, 6) is 1.12. The number of nitrogens with one attached hydrogen (secondary N) is 2. The lowest BCUT2D eigenvalue weighted by atomic mass is 9.97. The van der Waals surface area contributed by atoms with Crippen LogP contribution in [0.4, 0.5) is 5.82 Å². The van der Waals surface area contributed by atoms with Gasteiger partial charge in [-0.25, -0.2) is 18.4 Å². The van der Waals surface area contributed by atoms with Crippen molar-refractivity contribution in [3.63, 3.8) is 0 Å². The molecule has 2 heterocycles. The van der Waals surface area contributed by atoms with Crippen LogP contribution in [0, 0.1) is 6.92 Å². The number of hydrazine groups is 1. The summed E-state index contributed by atoms with van der Waals surface area (Å²) in [6, 6.07) is 15.5. The first-order valence-electron chi connectivity index (χ1n) is 9.33. The molecule has 2 N–H and O–H groups in total. The first-order valence-corrected chi connectivity index (χ1v) is 11.2. The van der Waals surface area contributed by atoms with Crippen molar-refractivity contribution >= 4 is 27.8 Å². The lowest BCUT2D eigenvalue weighted by molar-refractivity contribution is -0.113. The van der Waals surface area contributed by atoms with Crippen LogP contribution in [0.2, 0.25) is 0 Å². The van der Waals surface area contributed by atoms with E-state index in [1.54, 1.807) is 29.3 Å². The Morgan fingerprint density at radius 2 is 1.90 bits per heavy atom. The van der Waals surface area contributed by atoms with Crippen molar-refractivity contribution in [3.05, 3.63) is 77.0 Å². The second kappa shape index (κ2) is 7.85. The minimum absolute atomic E-state index is 0.256. The van der Waals surface area contributed by atoms with Gasteiger partial charge in [-0.1, -0.05) is 36.4 Å². The summed E-state index contributed by atoms with van der Waals surface area (Å²) in [6.07, 6.45) is 2.05. The standard InChI is InChI=1S/C21H21N5O3S/c1-14-11-20(24-23-14)22-21-18-6-4-3-5-17(18)19(13-27)26(25-21)12-15-7-9-16(10-8-15)30(2,28)29/h3-11,13,19H,12H2,1-2H3,(H2,22,23,24,25). The number of amidine groups is 1. The van der Waals surface area contributed by atoms with E-state index < -0.39 is 15.9 Å². The molecule has 1 atom stereocenters. The number of hydrogen-bond acceptors (Lipinski definition) is 6. The van der Waals surface area contributed by atoms with Crippen molar-refractivity contribution in [3.8, 4) is 0 Å². The van der Waals surface area contributed by atoms with Crippen LogP contribution in [-0.4, -0.2) is 42.0 Å². The molecule has 30 heavy (non-hydrogen) atoms. The Bertz CT molecular complexity index is 1220. The molecule has 4 rings (SSSR count). The molecule has 0 bridgehead atoms. The number of carbonyl (C=O) groups is 1. The molecule has 0 saturated heterocycles. The third kappa shape index (κ3) is 4.03. The van der Waals surface area contributed by atoms with Crippen molar-refractivity contribution < 1.29 is 13.2 Å². The lowest BCUT2D eigenvalue weighted by Gasteiger charge is -2.36. The highest BCUT2D eigenvalue weighted by atomic mass is 32.2. The average Bonchev–Trinajstić information content (AvgIpc) is 3.12. The zero-order valence-corrected chi connectivity index (χ0v) is 17.3. The maximum atomic E-state index is 12.0. The predicted molar refractivity (Wildman–Crippen MR) is 113 cm³/mol. The first kappa shape index (κ1) is 20.0. The Morgan fingerprint density at radius 3 is 2.53 bits per heavy atom. The van der Waals surface area contributed by atoms with Crippen LogP contribution >= 0.6 is 0 Å². The smallest absolute Gasteiger partial charge is 0.175 e. The van der Waals surface area contributed by atoms with E-state index in [1.807, 2.05) is 37.3 Å². The molecule has 1 unspecified atom stereocenters. The summed E-state index contributed by atoms with van der Waals surface area (Å²) in [7, 11) is -3.26. The minimum Gasteiger partial charge on any atom is -0.301 e. The van der Waals surface area contributed by atoms with Crippen LogP contribution in [0.15, 0.2) is 64.5 Å². The number of carbonyl (C=O) groups excluding carboxylic acids is 1. The molecule has 154 valence electrons. The highest BCUT2D eigenvalue weighted by molar-refractivity contribution is 7.90. The molecule has 2 aromatic carbocycles. The Morgan fingerprint density at radius 1 is 1.17 bits per heavy atom. The van der Waals surface area contributed by atoms with E-state index in [-0.39, 0.29) is 4.90 Å². The fourth-order valence-electron chi connectivity index (χ4n) is 3.39. The zero-order valence-electron chi connectivity index (χ0n) is 16.5. The number of nitrogens with zero attached hydrogens (tertiary/aromatic N) is 3. The molecular formula is C21H21N5O3S. The van der Waals surface area contributed by atoms with Gasteiger partial charge in [-0.3, -0.25) is 5.10 Å². The Hall–Kier alpha value is -3.30. The molecule has 0 spiro atoms. The monoisotopic (exact) mass is 423 g/mol. The largest absolute Gasteiger partial charge is 0.301 e. The van der Waals surface area contributed by atoms with E-state index >= 15 is 0 Å². The molecule has 1 aromatic heterocycles. The number of aryl methyl sites for hydroxylation is 1. The quantitative estimate of drug-likeness (QED) is 0.611. The highest BCUT2D eigenvalue weighted by Gasteiger charge is 2.30. The maximum Gasteiger partial charge on any atom is 0.175 e. The van der Waals surface area contributed by atoms with Gasteiger partial charge in [0, 0.05) is 30.1 Å². The van der Waals surface area contributed by atoms with Gasteiger partial charge in [0.15, 0.2) is 21.5 Å². The van der Waals surface area contributed by atoms with Crippen LogP contribution in [0.1, 0.15) is 28.4 Å².